The zero-order valence-corrected chi connectivity index (χ0v) is 13.7. The first-order valence-electron chi connectivity index (χ1n) is 7.09. The number of nitrogens with zero attached hydrogens (tertiary/aromatic N) is 1. The topological polar surface area (TPSA) is 49.4 Å². The number of hydrogen-bond acceptors (Lipinski definition) is 3. The van der Waals surface area contributed by atoms with E-state index in [-0.39, 0.29) is 17.8 Å². The lowest BCUT2D eigenvalue weighted by atomic mass is 9.78. The summed E-state index contributed by atoms with van der Waals surface area (Å²) in [5.41, 5.74) is 0.00876. The Hall–Kier alpha value is -0.760. The van der Waals surface area contributed by atoms with E-state index in [0.717, 1.165) is 44.5 Å². The van der Waals surface area contributed by atoms with Crippen LogP contribution in [0.1, 0.15) is 19.3 Å². The van der Waals surface area contributed by atoms with Crippen molar-refractivity contribution in [1.29, 1.82) is 0 Å². The van der Waals surface area contributed by atoms with E-state index in [1.54, 1.807) is 0 Å². The Morgan fingerprint density at radius 2 is 1.82 bits per heavy atom. The van der Waals surface area contributed by atoms with Gasteiger partial charge in [0.2, 0.25) is 10.0 Å². The molecule has 2 aliphatic heterocycles. The van der Waals surface area contributed by atoms with Crippen LogP contribution in [0, 0.1) is 17.0 Å². The second kappa shape index (κ2) is 6.39. The highest BCUT2D eigenvalue weighted by atomic mass is 35.5. The summed E-state index contributed by atoms with van der Waals surface area (Å²) in [5.74, 6) is -1.80. The van der Waals surface area contributed by atoms with Crippen LogP contribution in [0.2, 0.25) is 0 Å². The van der Waals surface area contributed by atoms with Crippen molar-refractivity contribution in [2.75, 3.05) is 26.2 Å². The summed E-state index contributed by atoms with van der Waals surface area (Å²) in [6, 6.07) is 2.60. The zero-order chi connectivity index (χ0) is 15.1. The molecule has 124 valence electrons. The monoisotopic (exact) mass is 352 g/mol. The third-order valence-corrected chi connectivity index (χ3v) is 6.46. The van der Waals surface area contributed by atoms with E-state index in [2.05, 4.69) is 5.32 Å². The average molecular weight is 353 g/mol. The molecule has 0 atom stereocenters. The predicted octanol–water partition coefficient (Wildman–Crippen LogP) is 2.15. The third kappa shape index (κ3) is 3.13. The summed E-state index contributed by atoms with van der Waals surface area (Å²) in [5, 5.41) is 3.27. The SMILES string of the molecule is Cl.O=S(=O)(c1ccc(F)cc1F)N1CCC2(CCNCC2)C1. The van der Waals surface area contributed by atoms with E-state index in [0.29, 0.717) is 19.2 Å². The highest BCUT2D eigenvalue weighted by Crippen LogP contribution is 2.40. The molecule has 2 saturated heterocycles. The lowest BCUT2D eigenvalue weighted by molar-refractivity contribution is 0.218. The first-order valence-corrected chi connectivity index (χ1v) is 8.53. The maximum atomic E-state index is 13.8. The van der Waals surface area contributed by atoms with Crippen LogP contribution in [-0.4, -0.2) is 38.9 Å². The lowest BCUT2D eigenvalue weighted by Gasteiger charge is -2.33. The Kier molecular flexibility index (Phi) is 5.11. The van der Waals surface area contributed by atoms with Gasteiger partial charge in [-0.2, -0.15) is 4.31 Å². The average Bonchev–Trinajstić information content (AvgIpc) is 2.83. The minimum absolute atomic E-state index is 0. The molecule has 1 aromatic rings. The van der Waals surface area contributed by atoms with Crippen LogP contribution in [0.5, 0.6) is 0 Å². The number of rotatable bonds is 2. The molecule has 1 spiro atoms. The maximum absolute atomic E-state index is 13.8. The third-order valence-electron chi connectivity index (χ3n) is 4.58. The molecular formula is C14H19ClF2N2O2S. The maximum Gasteiger partial charge on any atom is 0.246 e. The molecule has 22 heavy (non-hydrogen) atoms. The summed E-state index contributed by atoms with van der Waals surface area (Å²) < 4.78 is 53.1. The van der Waals surface area contributed by atoms with Gasteiger partial charge in [-0.1, -0.05) is 0 Å². The van der Waals surface area contributed by atoms with E-state index >= 15 is 0 Å². The summed E-state index contributed by atoms with van der Waals surface area (Å²) in [7, 11) is -3.89. The van der Waals surface area contributed by atoms with E-state index in [1.165, 1.54) is 4.31 Å². The highest BCUT2D eigenvalue weighted by Gasteiger charge is 2.43. The van der Waals surface area contributed by atoms with Crippen LogP contribution >= 0.6 is 12.4 Å². The highest BCUT2D eigenvalue weighted by molar-refractivity contribution is 7.89. The minimum Gasteiger partial charge on any atom is -0.317 e. The van der Waals surface area contributed by atoms with Gasteiger partial charge in [0.1, 0.15) is 16.5 Å². The fraction of sp³-hybridized carbons (Fsp3) is 0.571. The number of sulfonamides is 1. The molecule has 2 heterocycles. The molecule has 1 aromatic carbocycles. The second-order valence-electron chi connectivity index (χ2n) is 5.91. The molecule has 0 unspecified atom stereocenters. The van der Waals surface area contributed by atoms with Crippen molar-refractivity contribution in [1.82, 2.24) is 9.62 Å². The van der Waals surface area contributed by atoms with Crippen LogP contribution in [-0.2, 0) is 10.0 Å². The number of nitrogens with one attached hydrogen (secondary N) is 1. The van der Waals surface area contributed by atoms with Gasteiger partial charge in [-0.3, -0.25) is 0 Å². The van der Waals surface area contributed by atoms with Gasteiger partial charge in [0.25, 0.3) is 0 Å². The number of hydrogen-bond donors (Lipinski definition) is 1. The van der Waals surface area contributed by atoms with Crippen molar-refractivity contribution in [2.24, 2.45) is 5.41 Å². The summed E-state index contributed by atoms with van der Waals surface area (Å²) in [6.45, 7) is 2.60. The number of benzene rings is 1. The molecule has 0 bridgehead atoms. The van der Waals surface area contributed by atoms with Crippen molar-refractivity contribution in [3.8, 4) is 0 Å². The largest absolute Gasteiger partial charge is 0.317 e. The molecule has 0 radical (unpaired) electrons. The van der Waals surface area contributed by atoms with Crippen molar-refractivity contribution in [3.63, 3.8) is 0 Å². The summed E-state index contributed by atoms with van der Waals surface area (Å²) in [4.78, 5) is -0.435. The normalized spacial score (nSPS) is 21.7. The first-order chi connectivity index (χ1) is 9.93. The fourth-order valence-corrected chi connectivity index (χ4v) is 4.89. The molecule has 2 aliphatic rings. The Bertz CT molecular complexity index is 648. The molecule has 2 fully saturated rings. The molecule has 0 aromatic heterocycles. The summed E-state index contributed by atoms with van der Waals surface area (Å²) >= 11 is 0. The fourth-order valence-electron chi connectivity index (χ4n) is 3.29. The van der Waals surface area contributed by atoms with E-state index < -0.39 is 26.6 Å². The van der Waals surface area contributed by atoms with Crippen molar-refractivity contribution < 1.29 is 17.2 Å². The van der Waals surface area contributed by atoms with Crippen LogP contribution in [0.25, 0.3) is 0 Å². The number of halogens is 3. The summed E-state index contributed by atoms with van der Waals surface area (Å²) in [6.07, 6.45) is 2.67. The Morgan fingerprint density at radius 1 is 1.14 bits per heavy atom. The van der Waals surface area contributed by atoms with Crippen LogP contribution < -0.4 is 5.32 Å². The van der Waals surface area contributed by atoms with Gasteiger partial charge in [0.05, 0.1) is 0 Å². The Balaban J connectivity index is 0.00000176. The standard InChI is InChI=1S/C14H18F2N2O2S.ClH/c15-11-1-2-13(12(16)9-11)21(19,20)18-8-5-14(10-18)3-6-17-7-4-14;/h1-2,9,17H,3-8,10H2;1H. The molecular weight excluding hydrogens is 334 g/mol. The predicted molar refractivity (Wildman–Crippen MR) is 81.5 cm³/mol. The van der Waals surface area contributed by atoms with Crippen molar-refractivity contribution in [2.45, 2.75) is 24.2 Å². The van der Waals surface area contributed by atoms with E-state index in [9.17, 15) is 17.2 Å². The zero-order valence-electron chi connectivity index (χ0n) is 12.0. The smallest absolute Gasteiger partial charge is 0.246 e. The van der Waals surface area contributed by atoms with Gasteiger partial charge in [-0.05, 0) is 49.9 Å². The molecule has 1 N–H and O–H groups in total. The van der Waals surface area contributed by atoms with Gasteiger partial charge in [0, 0.05) is 19.2 Å². The van der Waals surface area contributed by atoms with Crippen LogP contribution in [0.3, 0.4) is 0 Å². The van der Waals surface area contributed by atoms with Crippen molar-refractivity contribution in [3.05, 3.63) is 29.8 Å². The minimum atomic E-state index is -3.89. The Labute approximate surface area is 135 Å². The Morgan fingerprint density at radius 3 is 2.45 bits per heavy atom. The molecule has 0 aliphatic carbocycles. The van der Waals surface area contributed by atoms with Gasteiger partial charge in [-0.15, -0.1) is 12.4 Å². The molecule has 4 nitrogen and oxygen atoms in total. The quantitative estimate of drug-likeness (QED) is 0.887. The molecule has 0 amide bonds. The molecule has 3 rings (SSSR count). The van der Waals surface area contributed by atoms with Gasteiger partial charge in [0.15, 0.2) is 0 Å². The van der Waals surface area contributed by atoms with Crippen LogP contribution in [0.15, 0.2) is 23.1 Å². The van der Waals surface area contributed by atoms with Gasteiger partial charge >= 0.3 is 0 Å². The first kappa shape index (κ1) is 17.6. The van der Waals surface area contributed by atoms with Gasteiger partial charge in [-0.25, -0.2) is 17.2 Å². The van der Waals surface area contributed by atoms with E-state index in [1.807, 2.05) is 0 Å². The van der Waals surface area contributed by atoms with E-state index in [4.69, 9.17) is 0 Å². The van der Waals surface area contributed by atoms with Crippen LogP contribution in [0.4, 0.5) is 8.78 Å². The molecule has 8 heteroatoms. The second-order valence-corrected chi connectivity index (χ2v) is 7.82. The van der Waals surface area contributed by atoms with Gasteiger partial charge < -0.3 is 5.32 Å². The molecule has 0 saturated carbocycles. The van der Waals surface area contributed by atoms with Crippen molar-refractivity contribution >= 4 is 22.4 Å². The number of piperidine rings is 1. The lowest BCUT2D eigenvalue weighted by Crippen LogP contribution is -2.39.